The largest absolute Gasteiger partial charge is 0.489 e. The summed E-state index contributed by atoms with van der Waals surface area (Å²) in [5.41, 5.74) is 3.40. The van der Waals surface area contributed by atoms with Crippen LogP contribution in [0.2, 0.25) is 0 Å². The predicted molar refractivity (Wildman–Crippen MR) is 152 cm³/mol. The highest BCUT2D eigenvalue weighted by Gasteiger charge is 2.33. The molecule has 0 unspecified atom stereocenters. The first-order valence-electron chi connectivity index (χ1n) is 12.2. The summed E-state index contributed by atoms with van der Waals surface area (Å²) in [5.74, 6) is 0.239. The topological polar surface area (TPSA) is 69.9 Å². The van der Waals surface area contributed by atoms with Crippen LogP contribution in [0.3, 0.4) is 0 Å². The van der Waals surface area contributed by atoms with Crippen molar-refractivity contribution in [1.82, 2.24) is 4.57 Å². The first-order valence-corrected chi connectivity index (χ1v) is 13.8. The summed E-state index contributed by atoms with van der Waals surface area (Å²) >= 11 is 4.76. The third-order valence-corrected chi connectivity index (χ3v) is 7.62. The minimum atomic E-state index is -0.638. The van der Waals surface area contributed by atoms with Crippen molar-refractivity contribution in [1.29, 1.82) is 0 Å². The molecule has 1 aliphatic rings. The van der Waals surface area contributed by atoms with Crippen LogP contribution in [0.25, 0.3) is 6.08 Å². The normalized spacial score (nSPS) is 15.1. The van der Waals surface area contributed by atoms with Gasteiger partial charge in [-0.15, -0.1) is 0 Å². The van der Waals surface area contributed by atoms with E-state index in [2.05, 4.69) is 20.9 Å². The van der Waals surface area contributed by atoms with Crippen LogP contribution in [-0.2, 0) is 16.1 Å². The van der Waals surface area contributed by atoms with Crippen molar-refractivity contribution in [2.45, 2.75) is 26.5 Å². The molecule has 0 radical (unpaired) electrons. The molecule has 38 heavy (non-hydrogen) atoms. The molecule has 0 spiro atoms. The van der Waals surface area contributed by atoms with Crippen LogP contribution in [0.15, 0.2) is 104 Å². The van der Waals surface area contributed by atoms with Crippen molar-refractivity contribution in [3.63, 3.8) is 0 Å². The molecule has 3 aromatic carbocycles. The molecular weight excluding hydrogens is 564 g/mol. The SMILES string of the molecule is CCOC(=O)C1=C(C)N=c2sc(=Cc3cccc(OCc4ccccc4)c3)c(=O)n2[C@H]1c1ccc(Br)cc1. The number of carbonyl (C=O) groups excluding carboxylic acids is 1. The van der Waals surface area contributed by atoms with Gasteiger partial charge < -0.3 is 9.47 Å². The standard InChI is InChI=1S/C30H25BrN2O4S/c1-3-36-29(35)26-19(2)32-30-33(27(26)22-12-14-23(31)15-13-22)28(34)25(38-30)17-21-10-7-11-24(16-21)37-18-20-8-5-4-6-9-20/h4-17,27H,3,18H2,1-2H3/t27-/m0/s1. The molecule has 1 atom stereocenters. The number of thiazole rings is 1. The molecule has 2 heterocycles. The summed E-state index contributed by atoms with van der Waals surface area (Å²) in [7, 11) is 0. The number of halogens is 1. The molecule has 0 saturated carbocycles. The number of hydrogen-bond donors (Lipinski definition) is 0. The summed E-state index contributed by atoms with van der Waals surface area (Å²) in [6.07, 6.45) is 1.83. The summed E-state index contributed by atoms with van der Waals surface area (Å²) in [5, 5.41) is 0. The molecule has 0 amide bonds. The number of ether oxygens (including phenoxy) is 2. The highest BCUT2D eigenvalue weighted by molar-refractivity contribution is 9.10. The van der Waals surface area contributed by atoms with Gasteiger partial charge in [0.05, 0.1) is 28.5 Å². The van der Waals surface area contributed by atoms with Gasteiger partial charge in [-0.05, 0) is 60.9 Å². The fourth-order valence-corrected chi connectivity index (χ4v) is 5.65. The third-order valence-electron chi connectivity index (χ3n) is 6.11. The number of fused-ring (bicyclic) bond motifs is 1. The Hall–Kier alpha value is -3.75. The van der Waals surface area contributed by atoms with E-state index in [-0.39, 0.29) is 12.2 Å². The van der Waals surface area contributed by atoms with Gasteiger partial charge in [0, 0.05) is 4.47 Å². The Balaban J connectivity index is 1.55. The third kappa shape index (κ3) is 5.42. The van der Waals surface area contributed by atoms with Gasteiger partial charge in [-0.3, -0.25) is 9.36 Å². The van der Waals surface area contributed by atoms with Crippen LogP contribution in [0.5, 0.6) is 5.75 Å². The lowest BCUT2D eigenvalue weighted by Gasteiger charge is -2.24. The molecule has 0 bridgehead atoms. The van der Waals surface area contributed by atoms with E-state index in [1.807, 2.05) is 84.9 Å². The molecule has 5 rings (SSSR count). The Bertz CT molecular complexity index is 1690. The highest BCUT2D eigenvalue weighted by Crippen LogP contribution is 2.31. The van der Waals surface area contributed by atoms with Gasteiger partial charge in [-0.1, -0.05) is 81.9 Å². The van der Waals surface area contributed by atoms with Crippen LogP contribution in [0.4, 0.5) is 0 Å². The fourth-order valence-electron chi connectivity index (χ4n) is 4.34. The van der Waals surface area contributed by atoms with Crippen molar-refractivity contribution < 1.29 is 14.3 Å². The Morgan fingerprint density at radius 2 is 1.84 bits per heavy atom. The van der Waals surface area contributed by atoms with Crippen LogP contribution < -0.4 is 19.6 Å². The van der Waals surface area contributed by atoms with Crippen molar-refractivity contribution in [3.8, 4) is 5.75 Å². The zero-order valence-electron chi connectivity index (χ0n) is 20.9. The number of allylic oxidation sites excluding steroid dienone is 1. The summed E-state index contributed by atoms with van der Waals surface area (Å²) in [6, 6.07) is 24.5. The smallest absolute Gasteiger partial charge is 0.338 e. The van der Waals surface area contributed by atoms with Gasteiger partial charge in [0.15, 0.2) is 4.80 Å². The van der Waals surface area contributed by atoms with E-state index in [1.54, 1.807) is 18.4 Å². The molecule has 8 heteroatoms. The van der Waals surface area contributed by atoms with Crippen molar-refractivity contribution >= 4 is 39.3 Å². The van der Waals surface area contributed by atoms with Crippen LogP contribution in [0, 0.1) is 0 Å². The molecule has 1 aromatic heterocycles. The Kier molecular flexibility index (Phi) is 7.72. The van der Waals surface area contributed by atoms with Gasteiger partial charge in [0.1, 0.15) is 12.4 Å². The molecule has 1 aliphatic heterocycles. The van der Waals surface area contributed by atoms with E-state index < -0.39 is 12.0 Å². The van der Waals surface area contributed by atoms with Crippen molar-refractivity contribution in [3.05, 3.63) is 131 Å². The average molecular weight is 590 g/mol. The van der Waals surface area contributed by atoms with Crippen LogP contribution in [-0.4, -0.2) is 17.1 Å². The first kappa shape index (κ1) is 25.9. The molecule has 4 aromatic rings. The van der Waals surface area contributed by atoms with Gasteiger partial charge in [-0.2, -0.15) is 0 Å². The van der Waals surface area contributed by atoms with E-state index in [0.29, 0.717) is 33.0 Å². The van der Waals surface area contributed by atoms with Crippen LogP contribution >= 0.6 is 27.3 Å². The molecule has 0 saturated heterocycles. The minimum absolute atomic E-state index is 0.216. The second-order valence-corrected chi connectivity index (χ2v) is 10.6. The highest BCUT2D eigenvalue weighted by atomic mass is 79.9. The monoisotopic (exact) mass is 588 g/mol. The maximum absolute atomic E-state index is 13.8. The zero-order valence-corrected chi connectivity index (χ0v) is 23.3. The van der Waals surface area contributed by atoms with E-state index in [4.69, 9.17) is 9.47 Å². The molecule has 0 N–H and O–H groups in total. The van der Waals surface area contributed by atoms with Gasteiger partial charge in [0.2, 0.25) is 0 Å². The second-order valence-electron chi connectivity index (χ2n) is 8.70. The van der Waals surface area contributed by atoms with Crippen LogP contribution in [0.1, 0.15) is 36.6 Å². The number of nitrogens with zero attached hydrogens (tertiary/aromatic N) is 2. The maximum atomic E-state index is 13.8. The molecule has 6 nitrogen and oxygen atoms in total. The Morgan fingerprint density at radius 3 is 2.58 bits per heavy atom. The summed E-state index contributed by atoms with van der Waals surface area (Å²) in [4.78, 5) is 31.9. The van der Waals surface area contributed by atoms with E-state index in [9.17, 15) is 9.59 Å². The zero-order chi connectivity index (χ0) is 26.6. The number of rotatable bonds is 7. The molecule has 0 fully saturated rings. The van der Waals surface area contributed by atoms with E-state index >= 15 is 0 Å². The number of esters is 1. The number of aromatic nitrogens is 1. The van der Waals surface area contributed by atoms with E-state index in [0.717, 1.165) is 21.2 Å². The lowest BCUT2D eigenvalue weighted by molar-refractivity contribution is -0.139. The van der Waals surface area contributed by atoms with Gasteiger partial charge >= 0.3 is 5.97 Å². The van der Waals surface area contributed by atoms with Gasteiger partial charge in [0.25, 0.3) is 5.56 Å². The Morgan fingerprint density at radius 1 is 1.08 bits per heavy atom. The average Bonchev–Trinajstić information content (AvgIpc) is 3.22. The quantitative estimate of drug-likeness (QED) is 0.280. The Labute approximate surface area is 232 Å². The lowest BCUT2D eigenvalue weighted by Crippen LogP contribution is -2.39. The van der Waals surface area contributed by atoms with E-state index in [1.165, 1.54) is 11.3 Å². The van der Waals surface area contributed by atoms with Crippen molar-refractivity contribution in [2.75, 3.05) is 6.61 Å². The minimum Gasteiger partial charge on any atom is -0.489 e. The fraction of sp³-hybridized carbons (Fsp3) is 0.167. The van der Waals surface area contributed by atoms with Crippen molar-refractivity contribution in [2.24, 2.45) is 4.99 Å². The maximum Gasteiger partial charge on any atom is 0.338 e. The number of benzene rings is 3. The predicted octanol–water partition coefficient (Wildman–Crippen LogP) is 5.14. The summed E-state index contributed by atoms with van der Waals surface area (Å²) in [6.45, 7) is 4.23. The first-order chi connectivity index (χ1) is 18.4. The lowest BCUT2D eigenvalue weighted by atomic mass is 9.96. The second kappa shape index (κ2) is 11.3. The number of hydrogen-bond acceptors (Lipinski definition) is 6. The molecule has 192 valence electrons. The summed E-state index contributed by atoms with van der Waals surface area (Å²) < 4.78 is 14.3. The molecular formula is C30H25BrN2O4S. The number of carbonyl (C=O) groups is 1. The van der Waals surface area contributed by atoms with Gasteiger partial charge in [-0.25, -0.2) is 9.79 Å². The molecule has 0 aliphatic carbocycles.